The number of rotatable bonds is 7. The Morgan fingerprint density at radius 1 is 1.17 bits per heavy atom. The number of anilines is 1. The van der Waals surface area contributed by atoms with Crippen molar-refractivity contribution in [3.05, 3.63) is 59.6 Å². The fourth-order valence-corrected chi connectivity index (χ4v) is 3.27. The highest BCUT2D eigenvalue weighted by atomic mass is 16.5. The van der Waals surface area contributed by atoms with Gasteiger partial charge in [0, 0.05) is 24.7 Å². The van der Waals surface area contributed by atoms with Crippen molar-refractivity contribution in [2.24, 2.45) is 0 Å². The Hall–Kier alpha value is -3.55. The third-order valence-corrected chi connectivity index (χ3v) is 4.75. The zero-order chi connectivity index (χ0) is 21.3. The number of hydrogen-bond acceptors (Lipinski definition) is 6. The first-order valence-electron chi connectivity index (χ1n) is 9.80. The lowest BCUT2D eigenvalue weighted by atomic mass is 10.0. The number of benzene rings is 1. The van der Waals surface area contributed by atoms with Crippen molar-refractivity contribution in [1.29, 1.82) is 0 Å². The summed E-state index contributed by atoms with van der Waals surface area (Å²) in [6, 6.07) is 11.5. The maximum atomic E-state index is 12.2. The standard InChI is InChI=1S/C22H25N3O5/c1-29-22(28)13-11-18-9-8-17(30-18)10-12-20(26)23-24-21(27)15-25-14-4-6-16-5-2-3-7-19(16)25/h2-3,5,7-10,12H,4,6,11,13-15H2,1H3,(H,23,26)(H,24,27)/b12-10+. The Bertz CT molecular complexity index is 934. The number of fused-ring (bicyclic) bond motifs is 1. The van der Waals surface area contributed by atoms with Gasteiger partial charge in [-0.15, -0.1) is 0 Å². The van der Waals surface area contributed by atoms with E-state index in [1.54, 1.807) is 12.1 Å². The van der Waals surface area contributed by atoms with Crippen molar-refractivity contribution in [2.75, 3.05) is 25.1 Å². The summed E-state index contributed by atoms with van der Waals surface area (Å²) in [5.74, 6) is 0.00921. The van der Waals surface area contributed by atoms with E-state index in [9.17, 15) is 14.4 Å². The predicted molar refractivity (Wildman–Crippen MR) is 111 cm³/mol. The van der Waals surface area contributed by atoms with Gasteiger partial charge >= 0.3 is 5.97 Å². The molecule has 1 aliphatic rings. The first-order valence-corrected chi connectivity index (χ1v) is 9.80. The van der Waals surface area contributed by atoms with E-state index in [1.807, 2.05) is 23.1 Å². The highest BCUT2D eigenvalue weighted by Crippen LogP contribution is 2.26. The molecule has 0 saturated carbocycles. The lowest BCUT2D eigenvalue weighted by Gasteiger charge is -2.30. The third kappa shape index (κ3) is 5.97. The molecule has 2 aromatic rings. The SMILES string of the molecule is COC(=O)CCc1ccc(/C=C/C(=O)NNC(=O)CN2CCCc3ccccc32)o1. The molecule has 30 heavy (non-hydrogen) atoms. The number of hydrazine groups is 1. The molecule has 0 bridgehead atoms. The van der Waals surface area contributed by atoms with Crippen LogP contribution in [0.3, 0.4) is 0 Å². The number of para-hydroxylation sites is 1. The molecule has 0 fully saturated rings. The van der Waals surface area contributed by atoms with Crippen LogP contribution in [0.2, 0.25) is 0 Å². The minimum atomic E-state index is -0.477. The molecule has 0 unspecified atom stereocenters. The van der Waals surface area contributed by atoms with E-state index in [0.717, 1.165) is 25.1 Å². The van der Waals surface area contributed by atoms with E-state index in [-0.39, 0.29) is 24.8 Å². The van der Waals surface area contributed by atoms with Gasteiger partial charge in [0.15, 0.2) is 0 Å². The van der Waals surface area contributed by atoms with Crippen LogP contribution < -0.4 is 15.8 Å². The lowest BCUT2D eigenvalue weighted by Crippen LogP contribution is -2.47. The van der Waals surface area contributed by atoms with Gasteiger partial charge in [-0.1, -0.05) is 18.2 Å². The van der Waals surface area contributed by atoms with Crippen molar-refractivity contribution >= 4 is 29.5 Å². The molecule has 1 aliphatic heterocycles. The molecule has 1 aromatic carbocycles. The molecule has 3 rings (SSSR count). The number of esters is 1. The van der Waals surface area contributed by atoms with E-state index in [2.05, 4.69) is 21.7 Å². The van der Waals surface area contributed by atoms with Crippen LogP contribution in [-0.2, 0) is 32.0 Å². The lowest BCUT2D eigenvalue weighted by molar-refractivity contribution is -0.140. The van der Waals surface area contributed by atoms with Crippen LogP contribution in [0, 0.1) is 0 Å². The number of furan rings is 1. The maximum Gasteiger partial charge on any atom is 0.305 e. The summed E-state index contributed by atoms with van der Waals surface area (Å²) in [7, 11) is 1.33. The number of amides is 2. The van der Waals surface area contributed by atoms with Crippen molar-refractivity contribution in [3.63, 3.8) is 0 Å². The summed E-state index contributed by atoms with van der Waals surface area (Å²) in [4.78, 5) is 37.3. The summed E-state index contributed by atoms with van der Waals surface area (Å²) < 4.78 is 10.1. The van der Waals surface area contributed by atoms with Gasteiger partial charge in [0.2, 0.25) is 0 Å². The molecule has 8 heteroatoms. The summed E-state index contributed by atoms with van der Waals surface area (Å²) in [6.45, 7) is 0.970. The molecule has 8 nitrogen and oxygen atoms in total. The molecule has 2 amide bonds. The summed E-state index contributed by atoms with van der Waals surface area (Å²) >= 11 is 0. The Kier molecular flexibility index (Phi) is 7.26. The Balaban J connectivity index is 1.43. The number of aryl methyl sites for hydroxylation is 2. The van der Waals surface area contributed by atoms with Gasteiger partial charge in [-0.05, 0) is 42.7 Å². The van der Waals surface area contributed by atoms with Crippen LogP contribution in [0.5, 0.6) is 0 Å². The second-order valence-electron chi connectivity index (χ2n) is 6.90. The van der Waals surface area contributed by atoms with Gasteiger partial charge in [0.25, 0.3) is 11.8 Å². The zero-order valence-electron chi connectivity index (χ0n) is 16.8. The minimum Gasteiger partial charge on any atom is -0.469 e. The monoisotopic (exact) mass is 411 g/mol. The normalized spacial score (nSPS) is 13.0. The number of carbonyl (C=O) groups is 3. The molecule has 2 N–H and O–H groups in total. The van der Waals surface area contributed by atoms with Crippen LogP contribution in [0.1, 0.15) is 29.9 Å². The topological polar surface area (TPSA) is 101 Å². The Morgan fingerprint density at radius 3 is 2.83 bits per heavy atom. The molecule has 0 aliphatic carbocycles. The number of carbonyl (C=O) groups excluding carboxylic acids is 3. The van der Waals surface area contributed by atoms with Crippen molar-refractivity contribution < 1.29 is 23.5 Å². The number of methoxy groups -OCH3 is 1. The quantitative estimate of drug-likeness (QED) is 0.411. The summed E-state index contributed by atoms with van der Waals surface area (Å²) in [5.41, 5.74) is 7.08. The number of nitrogens with one attached hydrogen (secondary N) is 2. The van der Waals surface area contributed by atoms with Gasteiger partial charge in [-0.2, -0.15) is 0 Å². The molecule has 2 heterocycles. The van der Waals surface area contributed by atoms with Crippen LogP contribution in [-0.4, -0.2) is 38.0 Å². The average molecular weight is 411 g/mol. The second-order valence-corrected chi connectivity index (χ2v) is 6.90. The molecule has 0 atom stereocenters. The predicted octanol–water partition coefficient (Wildman–Crippen LogP) is 2.00. The summed E-state index contributed by atoms with van der Waals surface area (Å²) in [6.07, 6.45) is 5.39. The second kappa shape index (κ2) is 10.3. The zero-order valence-corrected chi connectivity index (χ0v) is 16.8. The Labute approximate surface area is 174 Å². The molecular weight excluding hydrogens is 386 g/mol. The molecular formula is C22H25N3O5. The van der Waals surface area contributed by atoms with Crippen molar-refractivity contribution in [2.45, 2.75) is 25.7 Å². The first-order chi connectivity index (χ1) is 14.5. The largest absolute Gasteiger partial charge is 0.469 e. The minimum absolute atomic E-state index is 0.169. The first kappa shape index (κ1) is 21.2. The van der Waals surface area contributed by atoms with Crippen LogP contribution in [0.25, 0.3) is 6.08 Å². The molecule has 0 radical (unpaired) electrons. The fraction of sp³-hybridized carbons (Fsp3) is 0.318. The number of ether oxygens (including phenoxy) is 1. The molecule has 158 valence electrons. The van der Waals surface area contributed by atoms with Gasteiger partial charge in [0.1, 0.15) is 11.5 Å². The van der Waals surface area contributed by atoms with Crippen LogP contribution >= 0.6 is 0 Å². The van der Waals surface area contributed by atoms with E-state index >= 15 is 0 Å². The van der Waals surface area contributed by atoms with Crippen LogP contribution in [0.4, 0.5) is 5.69 Å². The molecule has 0 saturated heterocycles. The Morgan fingerprint density at radius 2 is 2.00 bits per heavy atom. The van der Waals surface area contributed by atoms with E-state index in [4.69, 9.17) is 4.42 Å². The fourth-order valence-electron chi connectivity index (χ4n) is 3.27. The third-order valence-electron chi connectivity index (χ3n) is 4.75. The molecule has 0 spiro atoms. The van der Waals surface area contributed by atoms with Gasteiger partial charge in [-0.3, -0.25) is 25.2 Å². The number of nitrogens with zero attached hydrogens (tertiary/aromatic N) is 1. The van der Waals surface area contributed by atoms with Gasteiger partial charge in [-0.25, -0.2) is 0 Å². The van der Waals surface area contributed by atoms with Gasteiger partial charge in [0.05, 0.1) is 20.1 Å². The van der Waals surface area contributed by atoms with Crippen LogP contribution in [0.15, 0.2) is 46.9 Å². The number of hydrogen-bond donors (Lipinski definition) is 2. The van der Waals surface area contributed by atoms with E-state index in [0.29, 0.717) is 17.9 Å². The van der Waals surface area contributed by atoms with E-state index in [1.165, 1.54) is 24.8 Å². The van der Waals surface area contributed by atoms with Crippen molar-refractivity contribution in [3.8, 4) is 0 Å². The average Bonchev–Trinajstić information content (AvgIpc) is 3.22. The van der Waals surface area contributed by atoms with Gasteiger partial charge < -0.3 is 14.1 Å². The highest BCUT2D eigenvalue weighted by molar-refractivity contribution is 5.93. The summed E-state index contributed by atoms with van der Waals surface area (Å²) in [5, 5.41) is 0. The molecule has 1 aromatic heterocycles. The highest BCUT2D eigenvalue weighted by Gasteiger charge is 2.18. The maximum absolute atomic E-state index is 12.2. The van der Waals surface area contributed by atoms with E-state index < -0.39 is 5.91 Å². The smallest absolute Gasteiger partial charge is 0.305 e. The van der Waals surface area contributed by atoms with Crippen molar-refractivity contribution in [1.82, 2.24) is 10.9 Å².